The van der Waals surface area contributed by atoms with Crippen molar-refractivity contribution in [3.05, 3.63) is 76.3 Å². The first kappa shape index (κ1) is 14.5. The second-order valence-electron chi connectivity index (χ2n) is 5.65. The van der Waals surface area contributed by atoms with Crippen LogP contribution in [0.1, 0.15) is 37.3 Å². The summed E-state index contributed by atoms with van der Waals surface area (Å²) in [5, 5.41) is 2.84. The zero-order chi connectivity index (χ0) is 15.5. The van der Waals surface area contributed by atoms with Gasteiger partial charge in [-0.1, -0.05) is 42.5 Å². The maximum Gasteiger partial charge on any atom is 0.258 e. The predicted octanol–water partition coefficient (Wildman–Crippen LogP) is 2.31. The lowest BCUT2D eigenvalue weighted by Crippen LogP contribution is -2.85. The Morgan fingerprint density at radius 3 is 2.41 bits per heavy atom. The van der Waals surface area contributed by atoms with E-state index in [0.717, 1.165) is 5.52 Å². The first-order valence-corrected chi connectivity index (χ1v) is 7.54. The summed E-state index contributed by atoms with van der Waals surface area (Å²) in [6.07, 6.45) is 0. The molecule has 0 spiro atoms. The molecule has 3 rings (SSSR count). The second-order valence-corrected chi connectivity index (χ2v) is 5.65. The lowest BCUT2D eigenvalue weighted by molar-refractivity contribution is -0.729. The van der Waals surface area contributed by atoms with E-state index in [2.05, 4.69) is 41.3 Å². The lowest BCUT2D eigenvalue weighted by Gasteiger charge is -2.16. The van der Waals surface area contributed by atoms with Crippen molar-refractivity contribution in [3.63, 3.8) is 0 Å². The van der Waals surface area contributed by atoms with Crippen LogP contribution >= 0.6 is 0 Å². The summed E-state index contributed by atoms with van der Waals surface area (Å²) in [5.41, 5.74) is 1.93. The van der Waals surface area contributed by atoms with Crippen molar-refractivity contribution >= 4 is 10.9 Å². The normalized spacial score (nSPS) is 13.9. The molecular weight excluding hydrogens is 274 g/mol. The van der Waals surface area contributed by atoms with E-state index in [0.29, 0.717) is 17.3 Å². The lowest BCUT2D eigenvalue weighted by atomic mass is 10.1. The maximum atomic E-state index is 12.2. The molecule has 0 saturated carbocycles. The Hall–Kier alpha value is -2.46. The molecule has 1 aromatic heterocycles. The summed E-state index contributed by atoms with van der Waals surface area (Å²) in [7, 11) is 0. The second kappa shape index (κ2) is 6.12. The SMILES string of the molecule is C[C@H]([NH2+][C@H](C)c1ccccc1)c1nc2ccccc2c(=O)[nH]1. The molecule has 0 fully saturated rings. The van der Waals surface area contributed by atoms with E-state index >= 15 is 0 Å². The molecule has 2 atom stereocenters. The van der Waals surface area contributed by atoms with Gasteiger partial charge in [-0.25, -0.2) is 4.98 Å². The van der Waals surface area contributed by atoms with E-state index in [1.54, 1.807) is 6.07 Å². The van der Waals surface area contributed by atoms with E-state index < -0.39 is 0 Å². The molecule has 0 amide bonds. The van der Waals surface area contributed by atoms with Crippen LogP contribution in [-0.2, 0) is 0 Å². The van der Waals surface area contributed by atoms with Crippen molar-refractivity contribution in [1.29, 1.82) is 0 Å². The summed E-state index contributed by atoms with van der Waals surface area (Å²) < 4.78 is 0. The fourth-order valence-electron chi connectivity index (χ4n) is 2.71. The highest BCUT2D eigenvalue weighted by atomic mass is 16.1. The molecule has 0 aliphatic heterocycles. The summed E-state index contributed by atoms with van der Waals surface area (Å²) in [4.78, 5) is 19.7. The minimum Gasteiger partial charge on any atom is -0.332 e. The molecule has 1 heterocycles. The van der Waals surface area contributed by atoms with Crippen LogP contribution in [0.2, 0.25) is 0 Å². The standard InChI is InChI=1S/C18H19N3O/c1-12(14-8-4-3-5-9-14)19-13(2)17-20-16-11-7-6-10-15(16)18(22)21-17/h3-13,19H,1-2H3,(H,20,21,22)/p+1/t12-,13+/m1/s1. The van der Waals surface area contributed by atoms with Crippen LogP contribution in [0.25, 0.3) is 10.9 Å². The topological polar surface area (TPSA) is 62.4 Å². The van der Waals surface area contributed by atoms with Crippen LogP contribution in [0, 0.1) is 0 Å². The molecule has 0 unspecified atom stereocenters. The Bertz CT molecular complexity index is 826. The Kier molecular flexibility index (Phi) is 4.02. The summed E-state index contributed by atoms with van der Waals surface area (Å²) in [5.74, 6) is 0.714. The van der Waals surface area contributed by atoms with Crippen LogP contribution in [0.15, 0.2) is 59.4 Å². The molecule has 3 N–H and O–H groups in total. The highest BCUT2D eigenvalue weighted by Crippen LogP contribution is 2.11. The number of nitrogens with two attached hydrogens (primary N) is 1. The number of benzene rings is 2. The summed E-state index contributed by atoms with van der Waals surface area (Å²) in [6, 6.07) is 18.1. The molecule has 3 aromatic rings. The smallest absolute Gasteiger partial charge is 0.258 e. The molecule has 2 aromatic carbocycles. The zero-order valence-electron chi connectivity index (χ0n) is 12.8. The molecule has 4 nitrogen and oxygen atoms in total. The van der Waals surface area contributed by atoms with Crippen LogP contribution in [0.4, 0.5) is 0 Å². The Morgan fingerprint density at radius 1 is 0.955 bits per heavy atom. The highest BCUT2D eigenvalue weighted by molar-refractivity contribution is 5.77. The monoisotopic (exact) mass is 294 g/mol. The number of aromatic nitrogens is 2. The van der Waals surface area contributed by atoms with Gasteiger partial charge in [-0.05, 0) is 26.0 Å². The van der Waals surface area contributed by atoms with Crippen molar-refractivity contribution < 1.29 is 5.32 Å². The van der Waals surface area contributed by atoms with Gasteiger partial charge in [0.2, 0.25) is 0 Å². The van der Waals surface area contributed by atoms with E-state index in [1.807, 2.05) is 36.4 Å². The number of nitrogens with zero attached hydrogens (tertiary/aromatic N) is 1. The molecule has 112 valence electrons. The third-order valence-electron chi connectivity index (χ3n) is 3.97. The third kappa shape index (κ3) is 2.92. The van der Waals surface area contributed by atoms with Crippen molar-refractivity contribution in [1.82, 2.24) is 9.97 Å². The number of hydrogen-bond donors (Lipinski definition) is 2. The number of quaternary nitrogens is 1. The molecule has 0 bridgehead atoms. The van der Waals surface area contributed by atoms with Crippen LogP contribution < -0.4 is 10.9 Å². The largest absolute Gasteiger partial charge is 0.332 e. The van der Waals surface area contributed by atoms with Gasteiger partial charge in [0, 0.05) is 5.56 Å². The Labute approximate surface area is 129 Å². The van der Waals surface area contributed by atoms with E-state index in [-0.39, 0.29) is 11.6 Å². The van der Waals surface area contributed by atoms with E-state index in [9.17, 15) is 4.79 Å². The van der Waals surface area contributed by atoms with Gasteiger partial charge in [-0.15, -0.1) is 0 Å². The Morgan fingerprint density at radius 2 is 1.64 bits per heavy atom. The van der Waals surface area contributed by atoms with Gasteiger partial charge < -0.3 is 10.3 Å². The average Bonchev–Trinajstić information content (AvgIpc) is 2.55. The number of rotatable bonds is 4. The van der Waals surface area contributed by atoms with Gasteiger partial charge in [-0.2, -0.15) is 0 Å². The summed E-state index contributed by atoms with van der Waals surface area (Å²) in [6.45, 7) is 4.22. The number of fused-ring (bicyclic) bond motifs is 1. The summed E-state index contributed by atoms with van der Waals surface area (Å²) >= 11 is 0. The first-order valence-electron chi connectivity index (χ1n) is 7.54. The van der Waals surface area contributed by atoms with Gasteiger partial charge in [0.15, 0.2) is 5.82 Å². The van der Waals surface area contributed by atoms with Crippen molar-refractivity contribution in [3.8, 4) is 0 Å². The quantitative estimate of drug-likeness (QED) is 0.775. The Balaban J connectivity index is 1.86. The zero-order valence-corrected chi connectivity index (χ0v) is 12.8. The molecule has 4 heteroatoms. The van der Waals surface area contributed by atoms with Gasteiger partial charge in [0.05, 0.1) is 10.9 Å². The first-order chi connectivity index (χ1) is 10.6. The third-order valence-corrected chi connectivity index (χ3v) is 3.97. The minimum atomic E-state index is -0.0757. The van der Waals surface area contributed by atoms with Crippen molar-refractivity contribution in [2.24, 2.45) is 0 Å². The van der Waals surface area contributed by atoms with Gasteiger partial charge >= 0.3 is 0 Å². The van der Waals surface area contributed by atoms with Gasteiger partial charge in [0.25, 0.3) is 5.56 Å². The van der Waals surface area contributed by atoms with Gasteiger partial charge in [-0.3, -0.25) is 4.79 Å². The van der Waals surface area contributed by atoms with E-state index in [1.165, 1.54) is 5.56 Å². The molecular formula is C18H20N3O+. The molecule has 0 radical (unpaired) electrons. The van der Waals surface area contributed by atoms with Crippen LogP contribution in [-0.4, -0.2) is 9.97 Å². The van der Waals surface area contributed by atoms with E-state index in [4.69, 9.17) is 0 Å². The molecule has 0 saturated heterocycles. The molecule has 22 heavy (non-hydrogen) atoms. The fraction of sp³-hybridized carbons (Fsp3) is 0.222. The highest BCUT2D eigenvalue weighted by Gasteiger charge is 2.17. The average molecular weight is 294 g/mol. The number of hydrogen-bond acceptors (Lipinski definition) is 2. The van der Waals surface area contributed by atoms with Gasteiger partial charge in [0.1, 0.15) is 12.1 Å². The fourth-order valence-corrected chi connectivity index (χ4v) is 2.71. The number of para-hydroxylation sites is 1. The maximum absolute atomic E-state index is 12.2. The number of H-pyrrole nitrogens is 1. The minimum absolute atomic E-state index is 0.0757. The predicted molar refractivity (Wildman–Crippen MR) is 87.6 cm³/mol. The number of nitrogens with one attached hydrogen (secondary N) is 1. The van der Waals surface area contributed by atoms with Crippen LogP contribution in [0.5, 0.6) is 0 Å². The van der Waals surface area contributed by atoms with Crippen LogP contribution in [0.3, 0.4) is 0 Å². The molecule has 0 aliphatic rings. The molecule has 0 aliphatic carbocycles. The van der Waals surface area contributed by atoms with Crippen molar-refractivity contribution in [2.75, 3.05) is 0 Å². The van der Waals surface area contributed by atoms with Crippen molar-refractivity contribution in [2.45, 2.75) is 25.9 Å². The number of aromatic amines is 1.